The molecule has 1 aromatic carbocycles. The maximum atomic E-state index is 12.5. The summed E-state index contributed by atoms with van der Waals surface area (Å²) in [5.41, 5.74) is 7.75. The molecule has 0 bridgehead atoms. The first kappa shape index (κ1) is 14.6. The first-order valence-electron chi connectivity index (χ1n) is 7.38. The van der Waals surface area contributed by atoms with E-state index >= 15 is 0 Å². The average molecular weight is 300 g/mol. The maximum absolute atomic E-state index is 12.5. The molecule has 22 heavy (non-hydrogen) atoms. The summed E-state index contributed by atoms with van der Waals surface area (Å²) in [6.45, 7) is 3.73. The van der Waals surface area contributed by atoms with Crippen LogP contribution in [0.3, 0.4) is 0 Å². The van der Waals surface area contributed by atoms with Gasteiger partial charge in [0, 0.05) is 12.6 Å². The zero-order valence-electron chi connectivity index (χ0n) is 12.6. The van der Waals surface area contributed by atoms with Crippen LogP contribution in [0.1, 0.15) is 17.4 Å². The molecule has 0 radical (unpaired) electrons. The van der Waals surface area contributed by atoms with Crippen LogP contribution in [0, 0.1) is 6.92 Å². The summed E-state index contributed by atoms with van der Waals surface area (Å²) >= 11 is 0. The molecule has 0 spiro atoms. The average Bonchev–Trinajstić information content (AvgIpc) is 2.86. The molecule has 1 aliphatic heterocycles. The number of morpholine rings is 1. The van der Waals surface area contributed by atoms with Crippen LogP contribution in [0.25, 0.3) is 0 Å². The van der Waals surface area contributed by atoms with Crippen LogP contribution in [-0.4, -0.2) is 40.3 Å². The SMILES string of the molecule is Cc1cc(N)n(CC(=O)N2CCO[C@@H](c3ccccc3)C2)n1. The van der Waals surface area contributed by atoms with Crippen molar-refractivity contribution in [2.24, 2.45) is 0 Å². The quantitative estimate of drug-likeness (QED) is 0.929. The van der Waals surface area contributed by atoms with Gasteiger partial charge in [0.25, 0.3) is 0 Å². The molecule has 1 saturated heterocycles. The van der Waals surface area contributed by atoms with Gasteiger partial charge in [0.05, 0.1) is 18.8 Å². The second-order valence-corrected chi connectivity index (χ2v) is 5.48. The molecule has 2 heterocycles. The van der Waals surface area contributed by atoms with Gasteiger partial charge in [-0.3, -0.25) is 4.79 Å². The lowest BCUT2D eigenvalue weighted by atomic mass is 10.1. The van der Waals surface area contributed by atoms with Crippen molar-refractivity contribution in [2.45, 2.75) is 19.6 Å². The van der Waals surface area contributed by atoms with Crippen molar-refractivity contribution in [3.63, 3.8) is 0 Å². The fourth-order valence-electron chi connectivity index (χ4n) is 2.67. The van der Waals surface area contributed by atoms with Crippen LogP contribution in [0.15, 0.2) is 36.4 Å². The molecule has 1 fully saturated rings. The van der Waals surface area contributed by atoms with Gasteiger partial charge in [-0.25, -0.2) is 4.68 Å². The number of anilines is 1. The van der Waals surface area contributed by atoms with Crippen molar-refractivity contribution in [1.82, 2.24) is 14.7 Å². The molecule has 3 rings (SSSR count). The second kappa shape index (κ2) is 6.19. The molecule has 2 N–H and O–H groups in total. The van der Waals surface area contributed by atoms with E-state index in [1.165, 1.54) is 0 Å². The molecule has 0 saturated carbocycles. The smallest absolute Gasteiger partial charge is 0.244 e. The molecule has 6 heteroatoms. The summed E-state index contributed by atoms with van der Waals surface area (Å²) in [5, 5.41) is 4.24. The van der Waals surface area contributed by atoms with E-state index in [1.807, 2.05) is 42.2 Å². The van der Waals surface area contributed by atoms with Crippen molar-refractivity contribution < 1.29 is 9.53 Å². The van der Waals surface area contributed by atoms with Crippen molar-refractivity contribution in [3.05, 3.63) is 47.7 Å². The molecular weight excluding hydrogens is 280 g/mol. The van der Waals surface area contributed by atoms with Crippen LogP contribution in [0.5, 0.6) is 0 Å². The predicted molar refractivity (Wildman–Crippen MR) is 83.1 cm³/mol. The lowest BCUT2D eigenvalue weighted by molar-refractivity contribution is -0.139. The Hall–Kier alpha value is -2.34. The number of aromatic nitrogens is 2. The molecule has 1 aliphatic rings. The van der Waals surface area contributed by atoms with Crippen molar-refractivity contribution in [2.75, 3.05) is 25.4 Å². The topological polar surface area (TPSA) is 73.4 Å². The summed E-state index contributed by atoms with van der Waals surface area (Å²) in [6.07, 6.45) is -0.0735. The van der Waals surface area contributed by atoms with Gasteiger partial charge >= 0.3 is 0 Å². The number of nitrogen functional groups attached to an aromatic ring is 1. The molecule has 0 unspecified atom stereocenters. The summed E-state index contributed by atoms with van der Waals surface area (Å²) in [6, 6.07) is 11.7. The van der Waals surface area contributed by atoms with E-state index < -0.39 is 0 Å². The summed E-state index contributed by atoms with van der Waals surface area (Å²) in [5.74, 6) is 0.526. The minimum Gasteiger partial charge on any atom is -0.384 e. The molecule has 1 amide bonds. The van der Waals surface area contributed by atoms with Gasteiger partial charge in [0.2, 0.25) is 5.91 Å². The Bertz CT molecular complexity index is 653. The fourth-order valence-corrected chi connectivity index (χ4v) is 2.67. The van der Waals surface area contributed by atoms with E-state index in [4.69, 9.17) is 10.5 Å². The third-order valence-electron chi connectivity index (χ3n) is 3.81. The minimum atomic E-state index is -0.0735. The Kier molecular flexibility index (Phi) is 4.11. The monoisotopic (exact) mass is 300 g/mol. The highest BCUT2D eigenvalue weighted by Crippen LogP contribution is 2.22. The van der Waals surface area contributed by atoms with Gasteiger partial charge in [-0.15, -0.1) is 0 Å². The summed E-state index contributed by atoms with van der Waals surface area (Å²) in [4.78, 5) is 14.3. The minimum absolute atomic E-state index is 0.0130. The first-order chi connectivity index (χ1) is 10.6. The van der Waals surface area contributed by atoms with E-state index in [-0.39, 0.29) is 18.6 Å². The summed E-state index contributed by atoms with van der Waals surface area (Å²) in [7, 11) is 0. The molecule has 116 valence electrons. The number of benzene rings is 1. The number of nitrogens with two attached hydrogens (primary N) is 1. The van der Waals surface area contributed by atoms with E-state index in [9.17, 15) is 4.79 Å². The second-order valence-electron chi connectivity index (χ2n) is 5.48. The lowest BCUT2D eigenvalue weighted by Gasteiger charge is -2.33. The molecule has 2 aromatic rings. The molecule has 1 aromatic heterocycles. The number of rotatable bonds is 3. The number of nitrogens with zero attached hydrogens (tertiary/aromatic N) is 3. The highest BCUT2D eigenvalue weighted by Gasteiger charge is 2.25. The van der Waals surface area contributed by atoms with Crippen LogP contribution < -0.4 is 5.73 Å². The van der Waals surface area contributed by atoms with Gasteiger partial charge in [-0.1, -0.05) is 30.3 Å². The zero-order valence-corrected chi connectivity index (χ0v) is 12.6. The number of hydrogen-bond acceptors (Lipinski definition) is 4. The third kappa shape index (κ3) is 3.12. The Morgan fingerprint density at radius 1 is 1.41 bits per heavy atom. The number of hydrogen-bond donors (Lipinski definition) is 1. The van der Waals surface area contributed by atoms with Gasteiger partial charge in [-0.05, 0) is 12.5 Å². The van der Waals surface area contributed by atoms with Crippen molar-refractivity contribution in [1.29, 1.82) is 0 Å². The first-order valence-corrected chi connectivity index (χ1v) is 7.38. The Morgan fingerprint density at radius 3 is 2.86 bits per heavy atom. The van der Waals surface area contributed by atoms with Gasteiger partial charge in [0.15, 0.2) is 0 Å². The summed E-state index contributed by atoms with van der Waals surface area (Å²) < 4.78 is 7.33. The molecule has 1 atom stereocenters. The standard InChI is InChI=1S/C16H20N4O2/c1-12-9-15(17)20(18-12)11-16(21)19-7-8-22-14(10-19)13-5-3-2-4-6-13/h2-6,9,14H,7-8,10-11,17H2,1H3/t14-/m1/s1. The largest absolute Gasteiger partial charge is 0.384 e. The Balaban J connectivity index is 1.67. The Labute approximate surface area is 129 Å². The fraction of sp³-hybridized carbons (Fsp3) is 0.375. The predicted octanol–water partition coefficient (Wildman–Crippen LogP) is 1.37. The molecule has 0 aliphatic carbocycles. The van der Waals surface area contributed by atoms with Crippen molar-refractivity contribution >= 4 is 11.7 Å². The van der Waals surface area contributed by atoms with Crippen LogP contribution in [-0.2, 0) is 16.1 Å². The lowest BCUT2D eigenvalue weighted by Crippen LogP contribution is -2.43. The van der Waals surface area contributed by atoms with E-state index in [1.54, 1.807) is 10.7 Å². The van der Waals surface area contributed by atoms with E-state index in [0.29, 0.717) is 25.5 Å². The third-order valence-corrected chi connectivity index (χ3v) is 3.81. The van der Waals surface area contributed by atoms with E-state index in [2.05, 4.69) is 5.10 Å². The molecular formula is C16H20N4O2. The highest BCUT2D eigenvalue weighted by molar-refractivity contribution is 5.76. The van der Waals surface area contributed by atoms with Crippen LogP contribution >= 0.6 is 0 Å². The maximum Gasteiger partial charge on any atom is 0.244 e. The van der Waals surface area contributed by atoms with Gasteiger partial charge in [0.1, 0.15) is 18.5 Å². The van der Waals surface area contributed by atoms with Crippen LogP contribution in [0.2, 0.25) is 0 Å². The molecule has 6 nitrogen and oxygen atoms in total. The van der Waals surface area contributed by atoms with Gasteiger partial charge in [-0.2, -0.15) is 5.10 Å². The number of carbonyl (C=O) groups excluding carboxylic acids is 1. The normalized spacial score (nSPS) is 18.4. The number of carbonyl (C=O) groups is 1. The number of ether oxygens (including phenoxy) is 1. The Morgan fingerprint density at radius 2 is 2.18 bits per heavy atom. The highest BCUT2D eigenvalue weighted by atomic mass is 16.5. The number of amides is 1. The van der Waals surface area contributed by atoms with Crippen LogP contribution in [0.4, 0.5) is 5.82 Å². The van der Waals surface area contributed by atoms with Gasteiger partial charge < -0.3 is 15.4 Å². The van der Waals surface area contributed by atoms with E-state index in [0.717, 1.165) is 11.3 Å². The zero-order chi connectivity index (χ0) is 15.5. The number of aryl methyl sites for hydroxylation is 1. The van der Waals surface area contributed by atoms with Crippen molar-refractivity contribution in [3.8, 4) is 0 Å².